The molecule has 5 rings (SSSR count). The van der Waals surface area contributed by atoms with Gasteiger partial charge in [0.25, 0.3) is 5.91 Å². The van der Waals surface area contributed by atoms with Crippen LogP contribution in [0.15, 0.2) is 108 Å². The summed E-state index contributed by atoms with van der Waals surface area (Å²) in [5.74, 6) is 4.88. The van der Waals surface area contributed by atoms with Crippen molar-refractivity contribution in [3.05, 3.63) is 137 Å². The second-order valence-corrected chi connectivity index (χ2v) is 10.4. The molecule has 0 aliphatic heterocycles. The van der Waals surface area contributed by atoms with Crippen molar-refractivity contribution >= 4 is 36.6 Å². The molecule has 0 saturated heterocycles. The van der Waals surface area contributed by atoms with Crippen molar-refractivity contribution in [1.82, 2.24) is 4.90 Å². The average molecular weight is 628 g/mol. The van der Waals surface area contributed by atoms with Crippen LogP contribution in [0.1, 0.15) is 49.4 Å². The van der Waals surface area contributed by atoms with E-state index >= 15 is 0 Å². The fraction of sp³-hybridized carbons (Fsp3) is 0.200. The van der Waals surface area contributed by atoms with Gasteiger partial charge >= 0.3 is 11.9 Å². The number of halogens is 1. The molecule has 1 atom stereocenters. The molecule has 1 unspecified atom stereocenters. The van der Waals surface area contributed by atoms with Gasteiger partial charge in [-0.1, -0.05) is 66.7 Å². The van der Waals surface area contributed by atoms with Gasteiger partial charge in [0.05, 0.1) is 5.56 Å². The zero-order chi connectivity index (χ0) is 30.7. The molecule has 4 aromatic carbocycles. The largest absolute Gasteiger partial charge is 0.482 e. The van der Waals surface area contributed by atoms with Crippen molar-refractivity contribution in [2.45, 2.75) is 38.5 Å². The van der Waals surface area contributed by atoms with Crippen LogP contribution < -0.4 is 10.6 Å². The maximum Gasteiger partial charge on any atom is 0.344 e. The molecule has 1 aliphatic carbocycles. The van der Waals surface area contributed by atoms with Crippen LogP contribution in [0.2, 0.25) is 0 Å². The lowest BCUT2D eigenvalue weighted by Gasteiger charge is -2.32. The minimum Gasteiger partial charge on any atom is -0.482 e. The van der Waals surface area contributed by atoms with Gasteiger partial charge in [-0.05, 0) is 77.9 Å². The number of esters is 2. The lowest BCUT2D eigenvalue weighted by atomic mass is 9.87. The molecule has 0 fully saturated rings. The predicted octanol–water partition coefficient (Wildman–Crippen LogP) is 5.49. The number of hydrogen-bond acceptors (Lipinski definition) is 8. The van der Waals surface area contributed by atoms with E-state index in [9.17, 15) is 14.4 Å². The molecule has 0 radical (unpaired) electrons. The number of aryl methyl sites for hydroxylation is 1. The number of rotatable bonds is 11. The standard InChI is InChI=1S/C35H33N3O6.ClH/c36-37-24-38(34(40)27-11-13-28(14-12-27)35(41)44-22-26-9-5-2-6-10-26)31-17-15-30-20-32(18-16-29(30)19-31)42-23-33(39)43-21-25-7-3-1-4-8-25;/h1-14,16,18,20,24,31H,15,17,19,21-23,36H2;1H. The number of ether oxygens (including phenoxy) is 3. The van der Waals surface area contributed by atoms with Gasteiger partial charge < -0.3 is 20.1 Å². The Hall–Kier alpha value is -5.15. The molecular formula is C35H34ClN3O6. The van der Waals surface area contributed by atoms with Crippen LogP contribution in [-0.4, -0.2) is 41.7 Å². The highest BCUT2D eigenvalue weighted by Crippen LogP contribution is 2.28. The van der Waals surface area contributed by atoms with Crippen molar-refractivity contribution in [3.8, 4) is 5.75 Å². The molecule has 9 nitrogen and oxygen atoms in total. The summed E-state index contributed by atoms with van der Waals surface area (Å²) in [5, 5.41) is 3.64. The molecule has 232 valence electrons. The van der Waals surface area contributed by atoms with Crippen molar-refractivity contribution in [2.75, 3.05) is 6.61 Å². The monoisotopic (exact) mass is 627 g/mol. The summed E-state index contributed by atoms with van der Waals surface area (Å²) in [7, 11) is 0. The Bertz CT molecular complexity index is 1610. The van der Waals surface area contributed by atoms with E-state index in [0.717, 1.165) is 22.3 Å². The maximum absolute atomic E-state index is 13.5. The summed E-state index contributed by atoms with van der Waals surface area (Å²) in [6, 6.07) is 30.8. The van der Waals surface area contributed by atoms with E-state index in [0.29, 0.717) is 36.1 Å². The summed E-state index contributed by atoms with van der Waals surface area (Å²) in [5.41, 5.74) is 4.71. The first kappa shape index (κ1) is 32.8. The van der Waals surface area contributed by atoms with Gasteiger partial charge in [-0.15, -0.1) is 12.4 Å². The first-order chi connectivity index (χ1) is 21.5. The van der Waals surface area contributed by atoms with E-state index in [-0.39, 0.29) is 44.2 Å². The second kappa shape index (κ2) is 16.1. The van der Waals surface area contributed by atoms with Crippen LogP contribution in [0.5, 0.6) is 5.75 Å². The highest BCUT2D eigenvalue weighted by Gasteiger charge is 2.28. The van der Waals surface area contributed by atoms with E-state index in [4.69, 9.17) is 20.1 Å². The molecule has 10 heteroatoms. The number of benzene rings is 4. The van der Waals surface area contributed by atoms with Crippen LogP contribution in [0.4, 0.5) is 0 Å². The Labute approximate surface area is 268 Å². The number of carbonyl (C=O) groups excluding carboxylic acids is 3. The average Bonchev–Trinajstić information content (AvgIpc) is 3.08. The Balaban J connectivity index is 0.00000461. The summed E-state index contributed by atoms with van der Waals surface area (Å²) in [6.45, 7) is 0.174. The Morgan fingerprint density at radius 2 is 1.42 bits per heavy atom. The molecule has 0 heterocycles. The lowest BCUT2D eigenvalue weighted by molar-refractivity contribution is -0.147. The number of nitrogens with zero attached hydrogens (tertiary/aromatic N) is 2. The van der Waals surface area contributed by atoms with Crippen LogP contribution in [0, 0.1) is 0 Å². The van der Waals surface area contributed by atoms with Gasteiger partial charge in [0.2, 0.25) is 0 Å². The van der Waals surface area contributed by atoms with Crippen molar-refractivity contribution in [3.63, 3.8) is 0 Å². The van der Waals surface area contributed by atoms with Crippen molar-refractivity contribution < 1.29 is 28.6 Å². The molecule has 1 aliphatic rings. The van der Waals surface area contributed by atoms with Crippen LogP contribution in [0.3, 0.4) is 0 Å². The topological polar surface area (TPSA) is 121 Å². The van der Waals surface area contributed by atoms with Gasteiger partial charge in [-0.25, -0.2) is 9.59 Å². The van der Waals surface area contributed by atoms with Crippen LogP contribution in [-0.2, 0) is 40.3 Å². The number of amides is 1. The minimum atomic E-state index is -0.468. The van der Waals surface area contributed by atoms with E-state index in [1.165, 1.54) is 6.34 Å². The summed E-state index contributed by atoms with van der Waals surface area (Å²) in [6.07, 6.45) is 3.32. The molecule has 45 heavy (non-hydrogen) atoms. The Morgan fingerprint density at radius 3 is 2.07 bits per heavy atom. The normalized spacial score (nSPS) is 13.6. The fourth-order valence-corrected chi connectivity index (χ4v) is 5.05. The number of hydrazone groups is 1. The molecule has 0 saturated carbocycles. The Kier molecular flexibility index (Phi) is 11.7. The molecule has 0 spiro atoms. The third kappa shape index (κ3) is 8.93. The number of fused-ring (bicyclic) bond motifs is 1. The number of hydrogen-bond donors (Lipinski definition) is 1. The molecule has 1 amide bonds. The zero-order valence-corrected chi connectivity index (χ0v) is 25.4. The van der Waals surface area contributed by atoms with Gasteiger partial charge in [0.1, 0.15) is 25.3 Å². The Morgan fingerprint density at radius 1 is 0.800 bits per heavy atom. The number of carbonyl (C=O) groups is 3. The molecule has 4 aromatic rings. The van der Waals surface area contributed by atoms with Gasteiger partial charge in [0, 0.05) is 11.6 Å². The molecule has 0 bridgehead atoms. The molecule has 0 aromatic heterocycles. The van der Waals surface area contributed by atoms with Crippen molar-refractivity contribution in [2.24, 2.45) is 10.9 Å². The van der Waals surface area contributed by atoms with Gasteiger partial charge in [-0.3, -0.25) is 9.69 Å². The fourth-order valence-electron chi connectivity index (χ4n) is 5.05. The molecule has 2 N–H and O–H groups in total. The lowest BCUT2D eigenvalue weighted by Crippen LogP contribution is -2.42. The van der Waals surface area contributed by atoms with Crippen LogP contribution in [0.25, 0.3) is 0 Å². The van der Waals surface area contributed by atoms with E-state index in [1.807, 2.05) is 78.9 Å². The van der Waals surface area contributed by atoms with Crippen molar-refractivity contribution in [1.29, 1.82) is 0 Å². The second-order valence-electron chi connectivity index (χ2n) is 10.4. The summed E-state index contributed by atoms with van der Waals surface area (Å²) in [4.78, 5) is 39.7. The third-order valence-electron chi connectivity index (χ3n) is 7.38. The predicted molar refractivity (Wildman–Crippen MR) is 172 cm³/mol. The van der Waals surface area contributed by atoms with E-state index < -0.39 is 11.9 Å². The summed E-state index contributed by atoms with van der Waals surface area (Å²) >= 11 is 0. The number of nitrogens with two attached hydrogens (primary N) is 1. The maximum atomic E-state index is 13.5. The zero-order valence-electron chi connectivity index (χ0n) is 24.5. The first-order valence-corrected chi connectivity index (χ1v) is 14.3. The summed E-state index contributed by atoms with van der Waals surface area (Å²) < 4.78 is 16.4. The minimum absolute atomic E-state index is 0. The smallest absolute Gasteiger partial charge is 0.344 e. The van der Waals surface area contributed by atoms with E-state index in [1.54, 1.807) is 29.2 Å². The SMILES string of the molecule is Cl.NN=CN(C(=O)c1ccc(C(=O)OCc2ccccc2)cc1)C1CCc2cc(OCC(=O)OCc3ccccc3)ccc2C1. The molecular weight excluding hydrogens is 594 g/mol. The first-order valence-electron chi connectivity index (χ1n) is 14.3. The quantitative estimate of drug-likeness (QED) is 0.0767. The highest BCUT2D eigenvalue weighted by molar-refractivity contribution is 6.01. The van der Waals surface area contributed by atoms with Gasteiger partial charge in [0.15, 0.2) is 6.61 Å². The van der Waals surface area contributed by atoms with Crippen LogP contribution >= 0.6 is 12.4 Å². The highest BCUT2D eigenvalue weighted by atomic mass is 35.5. The van der Waals surface area contributed by atoms with E-state index in [2.05, 4.69) is 5.10 Å². The van der Waals surface area contributed by atoms with Gasteiger partial charge in [-0.2, -0.15) is 5.10 Å². The third-order valence-corrected chi connectivity index (χ3v) is 7.38.